The Hall–Kier alpha value is -3.21. The Bertz CT molecular complexity index is 1010. The third-order valence-electron chi connectivity index (χ3n) is 4.34. The highest BCUT2D eigenvalue weighted by atomic mass is 16.1. The minimum atomic E-state index is -0.192. The van der Waals surface area contributed by atoms with Crippen molar-refractivity contribution >= 4 is 17.2 Å². The van der Waals surface area contributed by atoms with Gasteiger partial charge < -0.3 is 0 Å². The Kier molecular flexibility index (Phi) is 4.98. The maximum Gasteiger partial charge on any atom is 0.297 e. The van der Waals surface area contributed by atoms with Crippen LogP contribution >= 0.6 is 0 Å². The average molecular weight is 347 g/mol. The highest BCUT2D eigenvalue weighted by Crippen LogP contribution is 2.17. The van der Waals surface area contributed by atoms with Crippen molar-refractivity contribution in [1.29, 1.82) is 0 Å². The zero-order valence-electron chi connectivity index (χ0n) is 15.1. The molecule has 1 aromatic heterocycles. The molecule has 0 bridgehead atoms. The number of nitrogens with zero attached hydrogens (tertiary/aromatic N) is 3. The molecule has 0 fully saturated rings. The van der Waals surface area contributed by atoms with Gasteiger partial charge in [-0.2, -0.15) is 0 Å². The van der Waals surface area contributed by atoms with E-state index >= 15 is 0 Å². The molecular weight excluding hydrogens is 326 g/mol. The summed E-state index contributed by atoms with van der Waals surface area (Å²) in [5.74, 6) is -0.0104. The van der Waals surface area contributed by atoms with Gasteiger partial charge in [0.25, 0.3) is 5.56 Å². The van der Waals surface area contributed by atoms with Crippen LogP contribution in [0, 0.1) is 6.92 Å². The normalized spacial score (nSPS) is 11.6. The van der Waals surface area contributed by atoms with Crippen LogP contribution in [0.15, 0.2) is 70.5 Å². The summed E-state index contributed by atoms with van der Waals surface area (Å²) in [4.78, 5) is 29.7. The van der Waals surface area contributed by atoms with Crippen molar-refractivity contribution in [3.05, 3.63) is 82.3 Å². The zero-order valence-corrected chi connectivity index (χ0v) is 15.1. The van der Waals surface area contributed by atoms with Crippen molar-refractivity contribution < 1.29 is 4.79 Å². The zero-order chi connectivity index (χ0) is 18.7. The molecule has 0 radical (unpaired) electrons. The van der Waals surface area contributed by atoms with Gasteiger partial charge in [0.1, 0.15) is 0 Å². The van der Waals surface area contributed by atoms with E-state index in [-0.39, 0.29) is 17.8 Å². The molecule has 0 spiro atoms. The number of hydrogen-bond acceptors (Lipinski definition) is 3. The summed E-state index contributed by atoms with van der Waals surface area (Å²) in [5.41, 5.74) is 2.98. The van der Waals surface area contributed by atoms with Crippen LogP contribution in [-0.2, 0) is 7.05 Å². The molecule has 0 aliphatic heterocycles. The summed E-state index contributed by atoms with van der Waals surface area (Å²) in [7, 11) is 1.83. The summed E-state index contributed by atoms with van der Waals surface area (Å²) in [5, 5.41) is 0. The Labute approximate surface area is 152 Å². The van der Waals surface area contributed by atoms with Gasteiger partial charge in [-0.15, -0.1) is 0 Å². The van der Waals surface area contributed by atoms with Gasteiger partial charge in [-0.05, 0) is 26.0 Å². The van der Waals surface area contributed by atoms with Crippen LogP contribution in [0.4, 0.5) is 5.69 Å². The molecule has 0 aliphatic carbocycles. The van der Waals surface area contributed by atoms with Gasteiger partial charge in [-0.3, -0.25) is 14.3 Å². The van der Waals surface area contributed by atoms with Crippen molar-refractivity contribution in [3.63, 3.8) is 0 Å². The lowest BCUT2D eigenvalue weighted by Crippen LogP contribution is -2.19. The first-order valence-corrected chi connectivity index (χ1v) is 8.45. The molecule has 5 heteroatoms. The highest BCUT2D eigenvalue weighted by molar-refractivity contribution is 6.09. The fraction of sp³-hybridized carbons (Fsp3) is 0.190. The Morgan fingerprint density at radius 3 is 2.19 bits per heavy atom. The fourth-order valence-corrected chi connectivity index (χ4v) is 2.87. The second-order valence-corrected chi connectivity index (χ2v) is 6.22. The molecule has 0 atom stereocenters. The summed E-state index contributed by atoms with van der Waals surface area (Å²) >= 11 is 0. The molecule has 0 amide bonds. The third kappa shape index (κ3) is 3.42. The van der Waals surface area contributed by atoms with Crippen molar-refractivity contribution in [2.24, 2.45) is 12.0 Å². The number of aromatic nitrogens is 2. The lowest BCUT2D eigenvalue weighted by atomic mass is 10.1. The van der Waals surface area contributed by atoms with E-state index < -0.39 is 0 Å². The number of hydrogen-bond donors (Lipinski definition) is 0. The first kappa shape index (κ1) is 17.6. The third-order valence-corrected chi connectivity index (χ3v) is 4.34. The molecule has 0 saturated heterocycles. The fourth-order valence-electron chi connectivity index (χ4n) is 2.87. The highest BCUT2D eigenvalue weighted by Gasteiger charge is 2.16. The van der Waals surface area contributed by atoms with E-state index in [2.05, 4.69) is 4.99 Å². The van der Waals surface area contributed by atoms with Crippen molar-refractivity contribution in [3.8, 4) is 5.69 Å². The van der Waals surface area contributed by atoms with E-state index in [9.17, 15) is 9.59 Å². The summed E-state index contributed by atoms with van der Waals surface area (Å²) < 4.78 is 3.36. The van der Waals surface area contributed by atoms with Crippen LogP contribution in [-0.4, -0.2) is 20.9 Å². The van der Waals surface area contributed by atoms with Crippen LogP contribution in [0.1, 0.15) is 29.4 Å². The van der Waals surface area contributed by atoms with E-state index in [4.69, 9.17) is 0 Å². The molecule has 2 aromatic carbocycles. The summed E-state index contributed by atoms with van der Waals surface area (Å²) in [6.45, 7) is 3.63. The molecule has 5 nitrogen and oxygen atoms in total. The van der Waals surface area contributed by atoms with Gasteiger partial charge in [0.05, 0.1) is 11.4 Å². The minimum absolute atomic E-state index is 0.0104. The van der Waals surface area contributed by atoms with E-state index in [0.29, 0.717) is 17.0 Å². The van der Waals surface area contributed by atoms with Crippen LogP contribution in [0.25, 0.3) is 5.69 Å². The predicted molar refractivity (Wildman–Crippen MR) is 104 cm³/mol. The first-order chi connectivity index (χ1) is 12.5. The molecular formula is C21H21N3O2. The Morgan fingerprint density at radius 2 is 1.58 bits per heavy atom. The van der Waals surface area contributed by atoms with Crippen molar-refractivity contribution in [1.82, 2.24) is 9.36 Å². The van der Waals surface area contributed by atoms with Crippen LogP contribution in [0.2, 0.25) is 0 Å². The molecule has 132 valence electrons. The number of Topliss-reactive ketones (excluding diaryl/α,β-unsaturated/α-hetero) is 1. The molecule has 3 rings (SSSR count). The van der Waals surface area contributed by atoms with E-state index in [0.717, 1.165) is 11.4 Å². The number of aliphatic imine (C=N–C) groups is 1. The number of carbonyl (C=O) groups excluding carboxylic acids is 1. The number of carbonyl (C=O) groups is 1. The molecule has 26 heavy (non-hydrogen) atoms. The van der Waals surface area contributed by atoms with Gasteiger partial charge in [0.2, 0.25) is 0 Å². The van der Waals surface area contributed by atoms with Crippen LogP contribution in [0.3, 0.4) is 0 Å². The van der Waals surface area contributed by atoms with Crippen molar-refractivity contribution in [2.45, 2.75) is 20.3 Å². The minimum Gasteiger partial charge on any atom is -0.294 e. The number of benzene rings is 2. The monoisotopic (exact) mass is 347 g/mol. The summed E-state index contributed by atoms with van der Waals surface area (Å²) in [6.07, 6.45) is 0.184. The lowest BCUT2D eigenvalue weighted by molar-refractivity contribution is 0.100. The maximum atomic E-state index is 12.9. The second kappa shape index (κ2) is 7.35. The second-order valence-electron chi connectivity index (χ2n) is 6.22. The number of para-hydroxylation sites is 1. The van der Waals surface area contributed by atoms with E-state index in [1.807, 2.05) is 62.5 Å². The van der Waals surface area contributed by atoms with Gasteiger partial charge in [-0.1, -0.05) is 48.5 Å². The standard InChI is InChI=1S/C21H21N3O2/c1-15(14-19(25)17-10-6-4-7-11-17)22-20-16(2)23(3)24(21(20)26)18-12-8-5-9-13-18/h4-13H,14H2,1-3H3. The maximum absolute atomic E-state index is 12.9. The average Bonchev–Trinajstić information content (AvgIpc) is 2.86. The molecule has 3 aromatic rings. The first-order valence-electron chi connectivity index (χ1n) is 8.45. The predicted octanol–water partition coefficient (Wildman–Crippen LogP) is 3.85. The van der Waals surface area contributed by atoms with Gasteiger partial charge in [0, 0.05) is 24.7 Å². The summed E-state index contributed by atoms with van der Waals surface area (Å²) in [6, 6.07) is 18.5. The topological polar surface area (TPSA) is 56.4 Å². The lowest BCUT2D eigenvalue weighted by Gasteiger charge is -2.07. The Balaban J connectivity index is 1.94. The van der Waals surface area contributed by atoms with Crippen LogP contribution < -0.4 is 5.56 Å². The number of rotatable bonds is 5. The van der Waals surface area contributed by atoms with E-state index in [1.54, 1.807) is 28.4 Å². The van der Waals surface area contributed by atoms with Gasteiger partial charge >= 0.3 is 0 Å². The number of ketones is 1. The van der Waals surface area contributed by atoms with Gasteiger partial charge in [-0.25, -0.2) is 9.67 Å². The molecule has 0 saturated carbocycles. The molecule has 0 unspecified atom stereocenters. The largest absolute Gasteiger partial charge is 0.297 e. The SMILES string of the molecule is CC(CC(=O)c1ccccc1)=Nc1c(C)n(C)n(-c2ccccc2)c1=O. The quantitative estimate of drug-likeness (QED) is 0.520. The Morgan fingerprint density at radius 1 is 1.00 bits per heavy atom. The smallest absolute Gasteiger partial charge is 0.294 e. The molecule has 0 aliphatic rings. The van der Waals surface area contributed by atoms with Gasteiger partial charge in [0.15, 0.2) is 11.5 Å². The molecule has 0 N–H and O–H groups in total. The van der Waals surface area contributed by atoms with E-state index in [1.165, 1.54) is 0 Å². The molecule has 1 heterocycles. The van der Waals surface area contributed by atoms with Crippen molar-refractivity contribution in [2.75, 3.05) is 0 Å². The van der Waals surface area contributed by atoms with Crippen LogP contribution in [0.5, 0.6) is 0 Å².